The fourth-order valence-electron chi connectivity index (χ4n) is 6.35. The second-order valence-electron chi connectivity index (χ2n) is 11.9. The van der Waals surface area contributed by atoms with Crippen molar-refractivity contribution in [1.82, 2.24) is 15.0 Å². The number of benzene rings is 7. The van der Waals surface area contributed by atoms with Gasteiger partial charge in [0.15, 0.2) is 11.6 Å². The molecule has 7 aromatic carbocycles. The summed E-state index contributed by atoms with van der Waals surface area (Å²) in [6, 6.07) is 47.5. The smallest absolute Gasteiger partial charge is 0.163 e. The molecular formula is C44H31N3. The van der Waals surface area contributed by atoms with E-state index in [1.807, 2.05) is 19.1 Å². The molecule has 0 spiro atoms. The highest BCUT2D eigenvalue weighted by atomic mass is 15.0. The Morgan fingerprint density at radius 3 is 1.28 bits per heavy atom. The van der Waals surface area contributed by atoms with Gasteiger partial charge in [0.25, 0.3) is 0 Å². The minimum Gasteiger partial charge on any atom is -0.213 e. The fraction of sp³-hybridized carbons (Fsp3) is 0.0227. The molecule has 0 unspecified atom stereocenters. The van der Waals surface area contributed by atoms with Crippen LogP contribution in [0.1, 0.15) is 17.0 Å². The molecule has 0 radical (unpaired) electrons. The molecule has 0 aliphatic carbocycles. The van der Waals surface area contributed by atoms with E-state index in [1.165, 1.54) is 27.3 Å². The van der Waals surface area contributed by atoms with E-state index in [4.69, 9.17) is 15.0 Å². The van der Waals surface area contributed by atoms with Crippen molar-refractivity contribution in [2.45, 2.75) is 6.92 Å². The highest BCUT2D eigenvalue weighted by molar-refractivity contribution is 5.93. The number of rotatable bonds is 6. The van der Waals surface area contributed by atoms with Crippen LogP contribution in [0.25, 0.3) is 89.5 Å². The van der Waals surface area contributed by atoms with Crippen molar-refractivity contribution in [1.29, 1.82) is 0 Å². The fourth-order valence-corrected chi connectivity index (χ4v) is 6.35. The molecule has 222 valence electrons. The number of fused-ring (bicyclic) bond motifs is 3. The summed E-state index contributed by atoms with van der Waals surface area (Å²) in [4.78, 5) is 14.4. The van der Waals surface area contributed by atoms with E-state index in [9.17, 15) is 0 Å². The Bertz CT molecular complexity index is 2520. The normalized spacial score (nSPS) is 11.3. The third-order valence-electron chi connectivity index (χ3n) is 8.89. The molecule has 0 saturated carbocycles. The first-order chi connectivity index (χ1) is 23.0. The SMILES string of the molecule is C=Cc1ccc(-c2ccc3cc(-c4nc(C)nc(-c5ccc6cc(-c7ccc8ccccc8c7)ccc6c5)n4)ccc3c2)cc1C=C. The minimum atomic E-state index is 0.667. The van der Waals surface area contributed by atoms with Crippen LogP contribution in [0.5, 0.6) is 0 Å². The minimum absolute atomic E-state index is 0.667. The van der Waals surface area contributed by atoms with E-state index in [1.54, 1.807) is 0 Å². The summed E-state index contributed by atoms with van der Waals surface area (Å²) in [5, 5.41) is 7.10. The molecule has 0 atom stereocenters. The van der Waals surface area contributed by atoms with Gasteiger partial charge in [-0.1, -0.05) is 122 Å². The lowest BCUT2D eigenvalue weighted by Gasteiger charge is -2.10. The van der Waals surface area contributed by atoms with Gasteiger partial charge in [0.05, 0.1) is 0 Å². The molecule has 0 amide bonds. The van der Waals surface area contributed by atoms with E-state index in [0.717, 1.165) is 49.5 Å². The lowest BCUT2D eigenvalue weighted by atomic mass is 9.96. The Kier molecular flexibility index (Phi) is 7.00. The van der Waals surface area contributed by atoms with Gasteiger partial charge < -0.3 is 0 Å². The molecule has 0 saturated heterocycles. The second kappa shape index (κ2) is 11.6. The maximum absolute atomic E-state index is 4.94. The summed E-state index contributed by atoms with van der Waals surface area (Å²) >= 11 is 0. The largest absolute Gasteiger partial charge is 0.213 e. The molecule has 3 nitrogen and oxygen atoms in total. The topological polar surface area (TPSA) is 38.7 Å². The van der Waals surface area contributed by atoms with Gasteiger partial charge in [0, 0.05) is 11.1 Å². The predicted molar refractivity (Wildman–Crippen MR) is 199 cm³/mol. The van der Waals surface area contributed by atoms with E-state index in [2.05, 4.69) is 147 Å². The van der Waals surface area contributed by atoms with Crippen molar-refractivity contribution in [3.05, 3.63) is 164 Å². The van der Waals surface area contributed by atoms with Gasteiger partial charge in [0.1, 0.15) is 5.82 Å². The lowest BCUT2D eigenvalue weighted by Crippen LogP contribution is -1.99. The molecule has 47 heavy (non-hydrogen) atoms. The number of hydrogen-bond donors (Lipinski definition) is 0. The van der Waals surface area contributed by atoms with E-state index in [0.29, 0.717) is 17.5 Å². The molecule has 3 heteroatoms. The van der Waals surface area contributed by atoms with Gasteiger partial charge in [-0.05, 0) is 109 Å². The van der Waals surface area contributed by atoms with E-state index >= 15 is 0 Å². The van der Waals surface area contributed by atoms with Crippen LogP contribution in [0.3, 0.4) is 0 Å². The van der Waals surface area contributed by atoms with Crippen molar-refractivity contribution in [3.63, 3.8) is 0 Å². The van der Waals surface area contributed by atoms with Crippen LogP contribution in [0.4, 0.5) is 0 Å². The van der Waals surface area contributed by atoms with Gasteiger partial charge in [-0.15, -0.1) is 0 Å². The highest BCUT2D eigenvalue weighted by Crippen LogP contribution is 2.32. The lowest BCUT2D eigenvalue weighted by molar-refractivity contribution is 0.992. The molecule has 8 aromatic rings. The molecule has 0 fully saturated rings. The first-order valence-corrected chi connectivity index (χ1v) is 15.7. The third kappa shape index (κ3) is 5.38. The number of aromatic nitrogens is 3. The maximum atomic E-state index is 4.94. The van der Waals surface area contributed by atoms with Crippen LogP contribution in [0.2, 0.25) is 0 Å². The maximum Gasteiger partial charge on any atom is 0.163 e. The zero-order valence-electron chi connectivity index (χ0n) is 26.1. The van der Waals surface area contributed by atoms with Gasteiger partial charge in [0.2, 0.25) is 0 Å². The van der Waals surface area contributed by atoms with Crippen molar-refractivity contribution in [2.24, 2.45) is 0 Å². The summed E-state index contributed by atoms with van der Waals surface area (Å²) in [5.74, 6) is 2.03. The average Bonchev–Trinajstić information content (AvgIpc) is 3.13. The Balaban J connectivity index is 1.10. The number of nitrogens with zero attached hydrogens (tertiary/aromatic N) is 3. The molecule has 0 N–H and O–H groups in total. The van der Waals surface area contributed by atoms with Crippen molar-refractivity contribution in [3.8, 4) is 45.0 Å². The van der Waals surface area contributed by atoms with Gasteiger partial charge in [-0.2, -0.15) is 0 Å². The van der Waals surface area contributed by atoms with Crippen LogP contribution in [-0.4, -0.2) is 15.0 Å². The Morgan fingerprint density at radius 2 is 0.766 bits per heavy atom. The summed E-state index contributed by atoms with van der Waals surface area (Å²) < 4.78 is 0. The molecular weight excluding hydrogens is 571 g/mol. The molecule has 0 bridgehead atoms. The predicted octanol–water partition coefficient (Wildman–Crippen LogP) is 11.6. The standard InChI is InChI=1S/C44H31N3/c1-4-29-10-12-33(22-30(29)5-2)35-14-16-39-26-41(20-18-37(39)24-35)43-45-28(3)46-44(47-43)42-21-19-38-25-36(15-17-40(38)27-42)34-13-11-31-8-6-7-9-32(31)23-34/h4-27H,1-2H2,3H3. The highest BCUT2D eigenvalue weighted by Gasteiger charge is 2.12. The Labute approximate surface area is 274 Å². The summed E-state index contributed by atoms with van der Waals surface area (Å²) in [7, 11) is 0. The molecule has 0 aliphatic heterocycles. The van der Waals surface area contributed by atoms with Crippen molar-refractivity contribution >= 4 is 44.5 Å². The van der Waals surface area contributed by atoms with Crippen LogP contribution in [0.15, 0.2) is 147 Å². The van der Waals surface area contributed by atoms with Crippen LogP contribution >= 0.6 is 0 Å². The molecule has 1 aromatic heterocycles. The van der Waals surface area contributed by atoms with Crippen molar-refractivity contribution in [2.75, 3.05) is 0 Å². The third-order valence-corrected chi connectivity index (χ3v) is 8.89. The first kappa shape index (κ1) is 28.3. The number of aryl methyl sites for hydroxylation is 1. The van der Waals surface area contributed by atoms with Crippen LogP contribution < -0.4 is 0 Å². The average molecular weight is 602 g/mol. The zero-order valence-corrected chi connectivity index (χ0v) is 26.1. The van der Waals surface area contributed by atoms with E-state index in [-0.39, 0.29) is 0 Å². The van der Waals surface area contributed by atoms with Crippen LogP contribution in [-0.2, 0) is 0 Å². The van der Waals surface area contributed by atoms with Gasteiger partial charge in [-0.25, -0.2) is 15.0 Å². The summed E-state index contributed by atoms with van der Waals surface area (Å²) in [6.45, 7) is 9.80. The van der Waals surface area contributed by atoms with Crippen LogP contribution in [0, 0.1) is 6.92 Å². The summed E-state index contributed by atoms with van der Waals surface area (Å²) in [5.41, 5.74) is 8.80. The molecule has 1 heterocycles. The second-order valence-corrected chi connectivity index (χ2v) is 11.9. The quantitative estimate of drug-likeness (QED) is 0.190. The van der Waals surface area contributed by atoms with E-state index < -0.39 is 0 Å². The van der Waals surface area contributed by atoms with Crippen molar-refractivity contribution < 1.29 is 0 Å². The summed E-state index contributed by atoms with van der Waals surface area (Å²) in [6.07, 6.45) is 3.74. The Morgan fingerprint density at radius 1 is 0.383 bits per heavy atom. The first-order valence-electron chi connectivity index (χ1n) is 15.7. The zero-order chi connectivity index (χ0) is 31.9. The Hall–Kier alpha value is -6.19. The molecule has 0 aliphatic rings. The monoisotopic (exact) mass is 601 g/mol. The van der Waals surface area contributed by atoms with Gasteiger partial charge >= 0.3 is 0 Å². The number of hydrogen-bond acceptors (Lipinski definition) is 3. The molecule has 8 rings (SSSR count). The van der Waals surface area contributed by atoms with Gasteiger partial charge in [-0.3, -0.25) is 0 Å².